The summed E-state index contributed by atoms with van der Waals surface area (Å²) in [5.74, 6) is 0. The molecule has 0 saturated heterocycles. The molecule has 0 bridgehead atoms. The summed E-state index contributed by atoms with van der Waals surface area (Å²) >= 11 is 0. The van der Waals surface area contributed by atoms with Crippen molar-refractivity contribution in [2.45, 2.75) is 25.8 Å². The third-order valence-corrected chi connectivity index (χ3v) is 5.48. The molecule has 2 N–H and O–H groups in total. The number of benzene rings is 2. The van der Waals surface area contributed by atoms with Gasteiger partial charge in [-0.05, 0) is 88.1 Å². The average Bonchev–Trinajstić information content (AvgIpc) is 2.98. The molecule has 0 aliphatic heterocycles. The molecule has 1 aliphatic carbocycles. The molecule has 146 valence electrons. The van der Waals surface area contributed by atoms with E-state index in [4.69, 9.17) is 5.73 Å². The van der Waals surface area contributed by atoms with Gasteiger partial charge in [0.25, 0.3) is 0 Å². The fourth-order valence-electron chi connectivity index (χ4n) is 3.89. The van der Waals surface area contributed by atoms with Crippen molar-refractivity contribution in [2.75, 3.05) is 0 Å². The standard InChI is InChI=1S/C28H29N/c1-6-9-10-15-23-25(16-19(4)7-2)26-18-24(22-14-12-11-13-20(22)5)21(8-3)17-27(26)28(23)29/h6-8,11-18,28H,1-4,9-10,29H2,5H3/b23-15+,25-16+. The molecule has 1 atom stereocenters. The monoisotopic (exact) mass is 379 g/mol. The Morgan fingerprint density at radius 1 is 1.03 bits per heavy atom. The maximum absolute atomic E-state index is 6.70. The SMILES string of the molecule is C=CCC/C=C1\C(=C/C(=C)C=C)c2cc(-c3ccccc3C)c(C=C)cc2C1N. The fraction of sp³-hybridized carbons (Fsp3) is 0.143. The number of aryl methyl sites for hydroxylation is 1. The molecule has 0 heterocycles. The van der Waals surface area contributed by atoms with E-state index in [1.807, 2.05) is 12.2 Å². The molecule has 0 aromatic heterocycles. The second kappa shape index (κ2) is 8.89. The Hall–Kier alpha value is -3.16. The number of nitrogens with two attached hydrogens (primary N) is 1. The Balaban J connectivity index is 2.25. The first kappa shape index (κ1) is 20.6. The lowest BCUT2D eigenvalue weighted by molar-refractivity contribution is 0.886. The van der Waals surface area contributed by atoms with Gasteiger partial charge in [-0.3, -0.25) is 0 Å². The van der Waals surface area contributed by atoms with E-state index in [0.717, 1.165) is 46.3 Å². The van der Waals surface area contributed by atoms with E-state index in [2.05, 4.69) is 81.8 Å². The van der Waals surface area contributed by atoms with Gasteiger partial charge in [-0.1, -0.05) is 68.3 Å². The van der Waals surface area contributed by atoms with Crippen molar-refractivity contribution < 1.29 is 0 Å². The predicted molar refractivity (Wildman–Crippen MR) is 128 cm³/mol. The lowest BCUT2D eigenvalue weighted by atomic mass is 9.91. The molecule has 1 aliphatic rings. The first-order valence-corrected chi connectivity index (χ1v) is 9.98. The van der Waals surface area contributed by atoms with Crippen LogP contribution in [-0.4, -0.2) is 0 Å². The van der Waals surface area contributed by atoms with Crippen LogP contribution in [0.2, 0.25) is 0 Å². The van der Waals surface area contributed by atoms with Gasteiger partial charge in [0.1, 0.15) is 0 Å². The smallest absolute Gasteiger partial charge is 0.0560 e. The van der Waals surface area contributed by atoms with Crippen molar-refractivity contribution in [3.8, 4) is 11.1 Å². The minimum absolute atomic E-state index is 0.164. The zero-order chi connectivity index (χ0) is 21.0. The highest BCUT2D eigenvalue weighted by atomic mass is 14.7. The van der Waals surface area contributed by atoms with Gasteiger partial charge in [0, 0.05) is 0 Å². The van der Waals surface area contributed by atoms with E-state index >= 15 is 0 Å². The molecule has 2 aromatic rings. The van der Waals surface area contributed by atoms with Gasteiger partial charge in [-0.25, -0.2) is 0 Å². The van der Waals surface area contributed by atoms with Crippen LogP contribution < -0.4 is 5.73 Å². The average molecular weight is 380 g/mol. The van der Waals surface area contributed by atoms with Gasteiger partial charge in [0.05, 0.1) is 6.04 Å². The molecule has 0 spiro atoms. The summed E-state index contributed by atoms with van der Waals surface area (Å²) in [5, 5.41) is 0. The normalized spacial score (nSPS) is 17.9. The number of fused-ring (bicyclic) bond motifs is 1. The molecule has 3 rings (SSSR count). The largest absolute Gasteiger partial charge is 0.320 e. The summed E-state index contributed by atoms with van der Waals surface area (Å²) in [4.78, 5) is 0. The summed E-state index contributed by atoms with van der Waals surface area (Å²) in [6.07, 6.45) is 11.8. The fourth-order valence-corrected chi connectivity index (χ4v) is 3.89. The lowest BCUT2D eigenvalue weighted by Gasteiger charge is -2.14. The van der Waals surface area contributed by atoms with Gasteiger partial charge in [0.2, 0.25) is 0 Å². The van der Waals surface area contributed by atoms with E-state index in [0.29, 0.717) is 0 Å². The highest BCUT2D eigenvalue weighted by Gasteiger charge is 2.30. The third kappa shape index (κ3) is 4.01. The summed E-state index contributed by atoms with van der Waals surface area (Å²) in [6, 6.07) is 12.7. The summed E-state index contributed by atoms with van der Waals surface area (Å²) in [5.41, 5.74) is 16.9. The summed E-state index contributed by atoms with van der Waals surface area (Å²) < 4.78 is 0. The van der Waals surface area contributed by atoms with E-state index in [-0.39, 0.29) is 6.04 Å². The molecule has 0 radical (unpaired) electrons. The van der Waals surface area contributed by atoms with Crippen LogP contribution in [0.4, 0.5) is 0 Å². The Morgan fingerprint density at radius 2 is 1.79 bits per heavy atom. The van der Waals surface area contributed by atoms with Crippen molar-refractivity contribution in [3.05, 3.63) is 120 Å². The van der Waals surface area contributed by atoms with Gasteiger partial charge in [-0.2, -0.15) is 0 Å². The maximum atomic E-state index is 6.70. The second-order valence-corrected chi connectivity index (χ2v) is 7.39. The van der Waals surface area contributed by atoms with E-state index in [1.165, 1.54) is 16.7 Å². The van der Waals surface area contributed by atoms with Crippen LogP contribution in [-0.2, 0) is 0 Å². The number of allylic oxidation sites excluding steroid dienone is 5. The van der Waals surface area contributed by atoms with Gasteiger partial charge < -0.3 is 5.73 Å². The van der Waals surface area contributed by atoms with Crippen LogP contribution in [0.15, 0.2) is 98.2 Å². The van der Waals surface area contributed by atoms with Crippen molar-refractivity contribution >= 4 is 11.6 Å². The zero-order valence-corrected chi connectivity index (χ0v) is 17.2. The molecule has 0 saturated carbocycles. The van der Waals surface area contributed by atoms with Crippen molar-refractivity contribution in [1.82, 2.24) is 0 Å². The van der Waals surface area contributed by atoms with Gasteiger partial charge >= 0.3 is 0 Å². The van der Waals surface area contributed by atoms with Crippen LogP contribution in [0.25, 0.3) is 22.8 Å². The quantitative estimate of drug-likeness (QED) is 0.304. The van der Waals surface area contributed by atoms with Crippen LogP contribution in [0, 0.1) is 6.92 Å². The Labute approximate surface area is 175 Å². The third-order valence-electron chi connectivity index (χ3n) is 5.48. The molecule has 1 nitrogen and oxygen atoms in total. The van der Waals surface area contributed by atoms with E-state index in [1.54, 1.807) is 6.08 Å². The zero-order valence-electron chi connectivity index (χ0n) is 17.2. The van der Waals surface area contributed by atoms with Crippen molar-refractivity contribution in [2.24, 2.45) is 5.73 Å². The molecular weight excluding hydrogens is 350 g/mol. The van der Waals surface area contributed by atoms with Gasteiger partial charge in [-0.15, -0.1) is 6.58 Å². The summed E-state index contributed by atoms with van der Waals surface area (Å²) in [6.45, 7) is 18.0. The van der Waals surface area contributed by atoms with E-state index in [9.17, 15) is 0 Å². The number of unbranched alkanes of at least 4 members (excludes halogenated alkanes) is 1. The highest BCUT2D eigenvalue weighted by Crippen LogP contribution is 2.46. The molecule has 0 amide bonds. The Morgan fingerprint density at radius 3 is 2.45 bits per heavy atom. The number of hydrogen-bond acceptors (Lipinski definition) is 1. The first-order valence-electron chi connectivity index (χ1n) is 9.98. The van der Waals surface area contributed by atoms with Crippen LogP contribution >= 0.6 is 0 Å². The Kier molecular flexibility index (Phi) is 6.31. The minimum atomic E-state index is -0.164. The number of hydrogen-bond donors (Lipinski definition) is 1. The van der Waals surface area contributed by atoms with E-state index < -0.39 is 0 Å². The van der Waals surface area contributed by atoms with Crippen molar-refractivity contribution in [1.29, 1.82) is 0 Å². The maximum Gasteiger partial charge on any atom is 0.0560 e. The molecular formula is C28H29N. The van der Waals surface area contributed by atoms with Crippen molar-refractivity contribution in [3.63, 3.8) is 0 Å². The topological polar surface area (TPSA) is 26.0 Å². The molecule has 1 heteroatoms. The Bertz CT molecular complexity index is 1050. The summed E-state index contributed by atoms with van der Waals surface area (Å²) in [7, 11) is 0. The first-order chi connectivity index (χ1) is 14.0. The molecule has 1 unspecified atom stereocenters. The van der Waals surface area contributed by atoms with Crippen LogP contribution in [0.3, 0.4) is 0 Å². The lowest BCUT2D eigenvalue weighted by Crippen LogP contribution is -2.08. The minimum Gasteiger partial charge on any atom is -0.320 e. The van der Waals surface area contributed by atoms with Gasteiger partial charge in [0.15, 0.2) is 0 Å². The van der Waals surface area contributed by atoms with Crippen LogP contribution in [0.1, 0.15) is 41.1 Å². The number of rotatable bonds is 7. The predicted octanol–water partition coefficient (Wildman–Crippen LogP) is 7.34. The second-order valence-electron chi connectivity index (χ2n) is 7.39. The molecule has 0 fully saturated rings. The highest BCUT2D eigenvalue weighted by molar-refractivity contribution is 5.93. The molecule has 29 heavy (non-hydrogen) atoms. The van der Waals surface area contributed by atoms with Crippen LogP contribution in [0.5, 0.6) is 0 Å². The molecule has 2 aromatic carbocycles.